The summed E-state index contributed by atoms with van der Waals surface area (Å²) in [6.45, 7) is 24.2. The highest BCUT2D eigenvalue weighted by Crippen LogP contribution is 2.60. The van der Waals surface area contributed by atoms with E-state index in [0.717, 1.165) is 36.5 Å². The molecule has 6 aliphatic carbocycles. The molecule has 9 nitrogen and oxygen atoms in total. The van der Waals surface area contributed by atoms with Gasteiger partial charge in [-0.15, -0.1) is 0 Å². The molecule has 0 amide bonds. The Morgan fingerprint density at radius 1 is 0.673 bits per heavy atom. The molecule has 6 saturated carbocycles. The molecule has 0 N–H and O–H groups in total. The van der Waals surface area contributed by atoms with Gasteiger partial charge in [0.05, 0.1) is 28.3 Å². The maximum atomic E-state index is 12.5. The van der Waals surface area contributed by atoms with Crippen molar-refractivity contribution < 1.29 is 42.9 Å². The first-order valence-electron chi connectivity index (χ1n) is 22.1. The van der Waals surface area contributed by atoms with Crippen molar-refractivity contribution in [3.8, 4) is 0 Å². The minimum Gasteiger partial charge on any atom is -0.459 e. The zero-order valence-corrected chi connectivity index (χ0v) is 36.3. The van der Waals surface area contributed by atoms with Gasteiger partial charge in [-0.25, -0.2) is 0 Å². The van der Waals surface area contributed by atoms with Gasteiger partial charge in [-0.3, -0.25) is 19.2 Å². The van der Waals surface area contributed by atoms with Crippen LogP contribution in [-0.4, -0.2) is 59.5 Å². The van der Waals surface area contributed by atoms with Crippen molar-refractivity contribution in [2.24, 2.45) is 63.6 Å². The Hall–Kier alpha value is -2.16. The number of hydrogen-bond acceptors (Lipinski definition) is 9. The summed E-state index contributed by atoms with van der Waals surface area (Å²) in [5, 5.41) is 0. The van der Waals surface area contributed by atoms with Crippen LogP contribution in [-0.2, 0) is 42.9 Å². The lowest BCUT2D eigenvalue weighted by Crippen LogP contribution is -2.58. The predicted molar refractivity (Wildman–Crippen MR) is 209 cm³/mol. The molecule has 312 valence electrons. The molecular formula is C46H74O9. The fraction of sp³-hybridized carbons (Fsp3) is 0.913. The van der Waals surface area contributed by atoms with Gasteiger partial charge in [0.25, 0.3) is 0 Å². The monoisotopic (exact) mass is 771 g/mol. The summed E-state index contributed by atoms with van der Waals surface area (Å²) in [6, 6.07) is 0. The van der Waals surface area contributed by atoms with E-state index in [4.69, 9.17) is 23.7 Å². The van der Waals surface area contributed by atoms with Crippen molar-refractivity contribution in [3.05, 3.63) is 0 Å². The van der Waals surface area contributed by atoms with Crippen LogP contribution in [0.1, 0.15) is 167 Å². The van der Waals surface area contributed by atoms with Crippen LogP contribution in [0.3, 0.4) is 0 Å². The smallest absolute Gasteiger partial charge is 0.312 e. The molecule has 8 unspecified atom stereocenters. The summed E-state index contributed by atoms with van der Waals surface area (Å²) in [6.07, 6.45) is 13.8. The van der Waals surface area contributed by atoms with Crippen LogP contribution in [0.4, 0.5) is 0 Å². The molecule has 9 aliphatic rings. The molecule has 8 atom stereocenters. The van der Waals surface area contributed by atoms with Gasteiger partial charge in [0, 0.05) is 5.92 Å². The lowest BCUT2D eigenvalue weighted by atomic mass is 9.50. The molecule has 55 heavy (non-hydrogen) atoms. The summed E-state index contributed by atoms with van der Waals surface area (Å²) in [5.41, 5.74) is -1.66. The van der Waals surface area contributed by atoms with Gasteiger partial charge in [-0.05, 0) is 175 Å². The van der Waals surface area contributed by atoms with Crippen LogP contribution in [0.25, 0.3) is 0 Å². The minimum absolute atomic E-state index is 0.0185. The standard InChI is InChI=1S/C17H28O2.C16H28O2.C13H18O5/c1-5-16(2,3)15(18)19-17(4)13-7-11-6-12(9-13)10-14(17)8-11;1-6-15(2,3)14(17)18-16(4,5)13-10-11-7-8-12(13)9-11;1-4-13(2,3)12(15)18-9-7-5-6-8(16-7)10(9)17-11(6)14/h11-14H,5-10H2,1-4H3;11-13H,6-10H2,1-5H3;6-10H,4-5H2,1-3H3. The van der Waals surface area contributed by atoms with Gasteiger partial charge < -0.3 is 23.7 Å². The highest BCUT2D eigenvalue weighted by molar-refractivity contribution is 5.79. The molecular weight excluding hydrogens is 696 g/mol. The minimum atomic E-state index is -0.510. The average Bonchev–Trinajstić information content (AvgIpc) is 3.96. The Labute approximate surface area is 331 Å². The Morgan fingerprint density at radius 3 is 1.73 bits per heavy atom. The van der Waals surface area contributed by atoms with E-state index in [-0.39, 0.29) is 64.0 Å². The SMILES string of the molecule is CCC(C)(C)C(=O)OC(C)(C)C1CC2CCC1C2.CCC(C)(C)C(=O)OC1(C)C2CC3CC(C2)CC1C3.CCC(C)(C)C(=O)OC1C2CC3C(=O)OC1C3O2. The van der Waals surface area contributed by atoms with Gasteiger partial charge in [0.2, 0.25) is 0 Å². The van der Waals surface area contributed by atoms with Crippen molar-refractivity contribution in [3.63, 3.8) is 0 Å². The Kier molecular flexibility index (Phi) is 11.7. The number of carbonyl (C=O) groups excluding carboxylic acids is 4. The van der Waals surface area contributed by atoms with Crippen molar-refractivity contribution in [1.82, 2.24) is 0 Å². The van der Waals surface area contributed by atoms with Gasteiger partial charge >= 0.3 is 23.9 Å². The molecule has 8 bridgehead atoms. The second kappa shape index (κ2) is 15.2. The third-order valence-electron chi connectivity index (χ3n) is 16.4. The highest BCUT2D eigenvalue weighted by Gasteiger charge is 2.65. The summed E-state index contributed by atoms with van der Waals surface area (Å²) in [7, 11) is 0. The van der Waals surface area contributed by atoms with E-state index in [1.54, 1.807) is 0 Å². The summed E-state index contributed by atoms with van der Waals surface area (Å²) < 4.78 is 28.5. The van der Waals surface area contributed by atoms with Gasteiger partial charge in [0.1, 0.15) is 17.3 Å². The molecule has 9 heteroatoms. The predicted octanol–water partition coefficient (Wildman–Crippen LogP) is 9.41. The van der Waals surface area contributed by atoms with E-state index >= 15 is 0 Å². The number of rotatable bonds is 10. The van der Waals surface area contributed by atoms with Crippen LogP contribution in [0.15, 0.2) is 0 Å². The topological polar surface area (TPSA) is 114 Å². The first kappa shape index (κ1) is 42.4. The van der Waals surface area contributed by atoms with Gasteiger partial charge in [0.15, 0.2) is 12.2 Å². The molecule has 0 aromatic heterocycles. The average molecular weight is 771 g/mol. The number of esters is 4. The fourth-order valence-corrected chi connectivity index (χ4v) is 11.3. The van der Waals surface area contributed by atoms with E-state index in [9.17, 15) is 19.2 Å². The van der Waals surface area contributed by atoms with E-state index in [0.29, 0.717) is 30.6 Å². The highest BCUT2D eigenvalue weighted by atomic mass is 16.7. The van der Waals surface area contributed by atoms with Crippen LogP contribution < -0.4 is 0 Å². The molecule has 3 saturated heterocycles. The molecule has 0 radical (unpaired) electrons. The molecule has 0 aromatic rings. The molecule has 9 rings (SSSR count). The Bertz CT molecular complexity index is 1430. The normalized spacial score (nSPS) is 39.2. The van der Waals surface area contributed by atoms with Crippen LogP contribution in [0.2, 0.25) is 0 Å². The lowest BCUT2D eigenvalue weighted by Gasteiger charge is -2.59. The fourth-order valence-electron chi connectivity index (χ4n) is 11.3. The van der Waals surface area contributed by atoms with E-state index in [1.807, 2.05) is 55.4 Å². The second-order valence-electron chi connectivity index (χ2n) is 21.6. The van der Waals surface area contributed by atoms with Crippen LogP contribution in [0.5, 0.6) is 0 Å². The van der Waals surface area contributed by atoms with Crippen LogP contribution in [0, 0.1) is 63.6 Å². The Morgan fingerprint density at radius 2 is 1.22 bits per heavy atom. The third-order valence-corrected chi connectivity index (χ3v) is 16.4. The maximum absolute atomic E-state index is 12.5. The number of carbonyl (C=O) groups is 4. The summed E-state index contributed by atoms with van der Waals surface area (Å²) in [4.78, 5) is 48.3. The van der Waals surface area contributed by atoms with Crippen LogP contribution >= 0.6 is 0 Å². The maximum Gasteiger partial charge on any atom is 0.312 e. The Balaban J connectivity index is 0.000000140. The first-order chi connectivity index (χ1) is 25.5. The van der Waals surface area contributed by atoms with E-state index < -0.39 is 17.6 Å². The largest absolute Gasteiger partial charge is 0.459 e. The molecule has 9 fully saturated rings. The van der Waals surface area contributed by atoms with Crippen molar-refractivity contribution in [1.29, 1.82) is 0 Å². The lowest BCUT2D eigenvalue weighted by molar-refractivity contribution is -0.211. The number of ether oxygens (including phenoxy) is 5. The number of fused-ring (bicyclic) bond motifs is 3. The number of hydrogen-bond donors (Lipinski definition) is 0. The quantitative estimate of drug-likeness (QED) is 0.158. The van der Waals surface area contributed by atoms with Gasteiger partial charge in [-0.1, -0.05) is 27.2 Å². The van der Waals surface area contributed by atoms with Crippen molar-refractivity contribution in [2.75, 3.05) is 0 Å². The van der Waals surface area contributed by atoms with E-state index in [2.05, 4.69) is 27.7 Å². The van der Waals surface area contributed by atoms with Crippen molar-refractivity contribution >= 4 is 23.9 Å². The summed E-state index contributed by atoms with van der Waals surface area (Å²) >= 11 is 0. The van der Waals surface area contributed by atoms with Gasteiger partial charge in [-0.2, -0.15) is 0 Å². The molecule has 0 spiro atoms. The molecule has 3 aliphatic heterocycles. The first-order valence-corrected chi connectivity index (χ1v) is 22.1. The summed E-state index contributed by atoms with van der Waals surface area (Å²) in [5.74, 6) is 4.76. The molecule has 0 aromatic carbocycles. The molecule has 3 heterocycles. The van der Waals surface area contributed by atoms with Crippen molar-refractivity contribution in [2.45, 2.75) is 202 Å². The van der Waals surface area contributed by atoms with E-state index in [1.165, 1.54) is 57.8 Å². The zero-order chi connectivity index (χ0) is 40.5. The third kappa shape index (κ3) is 8.13. The second-order valence-corrected chi connectivity index (χ2v) is 21.6. The zero-order valence-electron chi connectivity index (χ0n) is 36.3.